The van der Waals surface area contributed by atoms with E-state index in [1.165, 1.54) is 9.14 Å². The van der Waals surface area contributed by atoms with E-state index in [0.717, 1.165) is 23.1 Å². The highest BCUT2D eigenvalue weighted by molar-refractivity contribution is 14.1. The van der Waals surface area contributed by atoms with E-state index in [-0.39, 0.29) is 0 Å². The molecule has 3 heteroatoms. The normalized spacial score (nSPS) is 9.93. The number of hydrogen-bond donors (Lipinski definition) is 1. The van der Waals surface area contributed by atoms with Crippen molar-refractivity contribution in [1.29, 1.82) is 0 Å². The Hall–Kier alpha value is -0.0300. The van der Waals surface area contributed by atoms with Crippen molar-refractivity contribution in [3.8, 4) is 0 Å². The number of benzene rings is 1. The second-order valence-corrected chi connectivity index (χ2v) is 5.10. The van der Waals surface area contributed by atoms with E-state index in [1.807, 2.05) is 0 Å². The minimum atomic E-state index is 0.855. The number of hydrogen-bond acceptors (Lipinski definition) is 1. The van der Waals surface area contributed by atoms with Crippen LogP contribution in [0, 0.1) is 3.57 Å². The van der Waals surface area contributed by atoms with Gasteiger partial charge in [0.25, 0.3) is 0 Å². The zero-order valence-corrected chi connectivity index (χ0v) is 11.9. The van der Waals surface area contributed by atoms with Crippen LogP contribution in [0.2, 0.25) is 0 Å². The van der Waals surface area contributed by atoms with Gasteiger partial charge in [-0.3, -0.25) is 0 Å². The van der Waals surface area contributed by atoms with Crippen LogP contribution in [0.3, 0.4) is 0 Å². The van der Waals surface area contributed by atoms with Crippen LogP contribution in [-0.2, 0) is 0 Å². The van der Waals surface area contributed by atoms with Crippen molar-refractivity contribution in [2.45, 2.75) is 13.3 Å². The molecule has 1 nitrogen and oxygen atoms in total. The Morgan fingerprint density at radius 1 is 1.57 bits per heavy atom. The van der Waals surface area contributed by atoms with Gasteiger partial charge in [0.1, 0.15) is 0 Å². The molecule has 0 saturated heterocycles. The Bertz CT molecular complexity index is 336. The minimum absolute atomic E-state index is 0.855. The Morgan fingerprint density at radius 3 is 2.86 bits per heavy atom. The molecule has 76 valence electrons. The van der Waals surface area contributed by atoms with Gasteiger partial charge in [0.15, 0.2) is 0 Å². The van der Waals surface area contributed by atoms with E-state index in [0.29, 0.717) is 0 Å². The molecule has 0 heterocycles. The fourth-order valence-corrected chi connectivity index (χ4v) is 1.72. The van der Waals surface area contributed by atoms with E-state index in [9.17, 15) is 0 Å². The van der Waals surface area contributed by atoms with Crippen LogP contribution in [-0.4, -0.2) is 6.54 Å². The molecule has 0 bridgehead atoms. The predicted octanol–water partition coefficient (Wildman–Crippen LogP) is 4.43. The van der Waals surface area contributed by atoms with Gasteiger partial charge in [-0.1, -0.05) is 19.1 Å². The van der Waals surface area contributed by atoms with Gasteiger partial charge in [0.05, 0.1) is 0 Å². The molecular formula is C11H13BrIN. The summed E-state index contributed by atoms with van der Waals surface area (Å²) in [5.74, 6) is 0. The first-order valence-corrected chi connectivity index (χ1v) is 6.36. The van der Waals surface area contributed by atoms with Gasteiger partial charge in [-0.05, 0) is 63.1 Å². The van der Waals surface area contributed by atoms with Crippen LogP contribution in [0.4, 0.5) is 5.69 Å². The molecule has 0 amide bonds. The molecule has 1 aromatic rings. The summed E-state index contributed by atoms with van der Waals surface area (Å²) in [5.41, 5.74) is 2.37. The maximum atomic E-state index is 3.95. The summed E-state index contributed by atoms with van der Waals surface area (Å²) >= 11 is 5.78. The largest absolute Gasteiger partial charge is 0.381 e. The number of halogens is 2. The average molecular weight is 366 g/mol. The van der Waals surface area contributed by atoms with E-state index in [2.05, 4.69) is 75.5 Å². The number of rotatable bonds is 4. The second kappa shape index (κ2) is 5.75. The van der Waals surface area contributed by atoms with Gasteiger partial charge in [0.2, 0.25) is 0 Å². The van der Waals surface area contributed by atoms with Gasteiger partial charge in [-0.15, -0.1) is 0 Å². The Morgan fingerprint density at radius 2 is 2.29 bits per heavy atom. The monoisotopic (exact) mass is 365 g/mol. The van der Waals surface area contributed by atoms with Crippen LogP contribution in [0.15, 0.2) is 34.8 Å². The van der Waals surface area contributed by atoms with Gasteiger partial charge in [-0.25, -0.2) is 0 Å². The lowest BCUT2D eigenvalue weighted by Gasteiger charge is -2.08. The summed E-state index contributed by atoms with van der Waals surface area (Å²) in [6.45, 7) is 6.93. The Balaban J connectivity index is 2.60. The lowest BCUT2D eigenvalue weighted by atomic mass is 10.2. The van der Waals surface area contributed by atoms with Crippen molar-refractivity contribution in [2.24, 2.45) is 0 Å². The average Bonchev–Trinajstić information content (AvgIpc) is 2.19. The van der Waals surface area contributed by atoms with Crippen LogP contribution in [0.25, 0.3) is 0 Å². The summed E-state index contributed by atoms with van der Waals surface area (Å²) in [7, 11) is 0. The van der Waals surface area contributed by atoms with Crippen LogP contribution < -0.4 is 5.32 Å². The maximum Gasteiger partial charge on any atom is 0.0357 e. The molecule has 0 aliphatic carbocycles. The first-order valence-electron chi connectivity index (χ1n) is 4.49. The summed E-state index contributed by atoms with van der Waals surface area (Å²) < 4.78 is 2.35. The van der Waals surface area contributed by atoms with Crippen molar-refractivity contribution >= 4 is 44.2 Å². The van der Waals surface area contributed by atoms with Gasteiger partial charge in [0, 0.05) is 20.3 Å². The SMILES string of the molecule is C=C(CC)CNc1ccc(Br)c(I)c1. The molecule has 1 rings (SSSR count). The van der Waals surface area contributed by atoms with Crippen molar-refractivity contribution in [3.63, 3.8) is 0 Å². The van der Waals surface area contributed by atoms with Crippen molar-refractivity contribution < 1.29 is 0 Å². The first kappa shape index (κ1) is 12.0. The van der Waals surface area contributed by atoms with Gasteiger partial charge < -0.3 is 5.32 Å². The highest BCUT2D eigenvalue weighted by atomic mass is 127. The lowest BCUT2D eigenvalue weighted by Crippen LogP contribution is -2.03. The maximum absolute atomic E-state index is 3.95. The minimum Gasteiger partial charge on any atom is -0.381 e. The zero-order chi connectivity index (χ0) is 10.6. The van der Waals surface area contributed by atoms with E-state index < -0.39 is 0 Å². The van der Waals surface area contributed by atoms with Gasteiger partial charge in [-0.2, -0.15) is 0 Å². The molecule has 14 heavy (non-hydrogen) atoms. The van der Waals surface area contributed by atoms with Crippen LogP contribution >= 0.6 is 38.5 Å². The predicted molar refractivity (Wildman–Crippen MR) is 74.8 cm³/mol. The number of nitrogens with one attached hydrogen (secondary N) is 1. The van der Waals surface area contributed by atoms with Crippen molar-refractivity contribution in [2.75, 3.05) is 11.9 Å². The van der Waals surface area contributed by atoms with E-state index >= 15 is 0 Å². The quantitative estimate of drug-likeness (QED) is 0.614. The van der Waals surface area contributed by atoms with E-state index in [1.54, 1.807) is 0 Å². The fraction of sp³-hybridized carbons (Fsp3) is 0.273. The molecule has 0 radical (unpaired) electrons. The Kier molecular flexibility index (Phi) is 4.95. The van der Waals surface area contributed by atoms with Crippen molar-refractivity contribution in [3.05, 3.63) is 38.4 Å². The molecule has 0 aromatic heterocycles. The molecule has 0 fully saturated rings. The third kappa shape index (κ3) is 3.61. The smallest absolute Gasteiger partial charge is 0.0357 e. The highest BCUT2D eigenvalue weighted by Gasteiger charge is 1.98. The molecule has 1 aromatic carbocycles. The number of anilines is 1. The third-order valence-corrected chi connectivity index (χ3v) is 4.29. The zero-order valence-electron chi connectivity index (χ0n) is 8.11. The molecule has 0 unspecified atom stereocenters. The highest BCUT2D eigenvalue weighted by Crippen LogP contribution is 2.22. The van der Waals surface area contributed by atoms with Gasteiger partial charge >= 0.3 is 0 Å². The molecule has 0 aliphatic heterocycles. The topological polar surface area (TPSA) is 12.0 Å². The standard InChI is InChI=1S/C11H13BrIN/c1-3-8(2)7-14-9-4-5-10(12)11(13)6-9/h4-6,14H,2-3,7H2,1H3. The second-order valence-electron chi connectivity index (χ2n) is 3.09. The molecule has 0 aliphatic rings. The first-order chi connectivity index (χ1) is 6.63. The molecule has 1 N–H and O–H groups in total. The lowest BCUT2D eigenvalue weighted by molar-refractivity contribution is 1.05. The van der Waals surface area contributed by atoms with Crippen LogP contribution in [0.5, 0.6) is 0 Å². The fourth-order valence-electron chi connectivity index (χ4n) is 0.958. The summed E-state index contributed by atoms with van der Waals surface area (Å²) in [5, 5.41) is 3.34. The van der Waals surface area contributed by atoms with E-state index in [4.69, 9.17) is 0 Å². The molecular weight excluding hydrogens is 353 g/mol. The van der Waals surface area contributed by atoms with Crippen LogP contribution in [0.1, 0.15) is 13.3 Å². The molecule has 0 saturated carbocycles. The summed E-state index contributed by atoms with van der Waals surface area (Å²) in [6.07, 6.45) is 1.03. The Labute approximate surface area is 107 Å². The summed E-state index contributed by atoms with van der Waals surface area (Å²) in [4.78, 5) is 0. The van der Waals surface area contributed by atoms with Crippen molar-refractivity contribution in [1.82, 2.24) is 0 Å². The molecule has 0 atom stereocenters. The third-order valence-electron chi connectivity index (χ3n) is 1.96. The molecule has 0 spiro atoms. The summed E-state index contributed by atoms with van der Waals surface area (Å²) in [6, 6.07) is 6.24.